The van der Waals surface area contributed by atoms with Crippen LogP contribution in [0.15, 0.2) is 12.2 Å². The largest absolute Gasteiger partial charge is 0.376 e. The monoisotopic (exact) mass is 273 g/mol. The van der Waals surface area contributed by atoms with Gasteiger partial charge in [0.2, 0.25) is 11.8 Å². The Hall–Kier alpha value is -1.16. The lowest BCUT2D eigenvalue weighted by Gasteiger charge is -2.23. The van der Waals surface area contributed by atoms with Crippen LogP contribution >= 0.6 is 0 Å². The Morgan fingerprint density at radius 3 is 2.30 bits per heavy atom. The predicted molar refractivity (Wildman–Crippen MR) is 70.5 cm³/mol. The molecule has 5 atom stereocenters. The highest BCUT2D eigenvalue weighted by molar-refractivity contribution is 6.06. The molecule has 4 nitrogen and oxygen atoms in total. The number of fused-ring (bicyclic) bond motifs is 3. The first-order chi connectivity index (χ1) is 9.72. The van der Waals surface area contributed by atoms with Gasteiger partial charge >= 0.3 is 0 Å². The Morgan fingerprint density at radius 1 is 1.15 bits per heavy atom. The highest BCUT2D eigenvalue weighted by Crippen LogP contribution is 2.73. The molecule has 0 N–H and O–H groups in total. The SMILES string of the molecule is O=C1[C@@H]2[C@@H](C(=O)N1C[C@@H]1CCCO1)[C@@H]1C=C[C@H]2C12CC2. The number of likely N-dealkylation sites (tertiary alicyclic amines) is 1. The number of ether oxygens (including phenoxy) is 1. The molecular weight excluding hydrogens is 254 g/mol. The normalized spacial score (nSPS) is 46.8. The molecule has 0 aromatic rings. The van der Waals surface area contributed by atoms with Gasteiger partial charge in [-0.2, -0.15) is 0 Å². The summed E-state index contributed by atoms with van der Waals surface area (Å²) in [6.45, 7) is 1.25. The van der Waals surface area contributed by atoms with Crippen LogP contribution in [0.2, 0.25) is 0 Å². The Morgan fingerprint density at radius 2 is 1.80 bits per heavy atom. The van der Waals surface area contributed by atoms with Crippen LogP contribution in [-0.4, -0.2) is 36.0 Å². The van der Waals surface area contributed by atoms with Gasteiger partial charge in [0.1, 0.15) is 0 Å². The molecule has 4 heteroatoms. The smallest absolute Gasteiger partial charge is 0.233 e. The minimum absolute atomic E-state index is 0.0543. The van der Waals surface area contributed by atoms with Crippen molar-refractivity contribution in [2.75, 3.05) is 13.2 Å². The molecule has 4 fully saturated rings. The van der Waals surface area contributed by atoms with Crippen molar-refractivity contribution in [1.29, 1.82) is 0 Å². The average molecular weight is 273 g/mol. The van der Waals surface area contributed by atoms with Gasteiger partial charge < -0.3 is 4.74 Å². The van der Waals surface area contributed by atoms with Crippen molar-refractivity contribution >= 4 is 11.8 Å². The minimum atomic E-state index is -0.0543. The average Bonchev–Trinajstić information content (AvgIpc) is 2.73. The van der Waals surface area contributed by atoms with Crippen LogP contribution in [0.3, 0.4) is 0 Å². The number of rotatable bonds is 2. The van der Waals surface area contributed by atoms with Crippen LogP contribution < -0.4 is 0 Å². The number of hydrogen-bond donors (Lipinski definition) is 0. The summed E-state index contributed by atoms with van der Waals surface area (Å²) in [5.41, 5.74) is 0.302. The Bertz CT molecular complexity index is 496. The second-order valence-electron chi connectivity index (χ2n) is 7.14. The van der Waals surface area contributed by atoms with Crippen molar-refractivity contribution in [3.8, 4) is 0 Å². The lowest BCUT2D eigenvalue weighted by atomic mass is 9.85. The summed E-state index contributed by atoms with van der Waals surface area (Å²) in [5.74, 6) is 0.729. The van der Waals surface area contributed by atoms with Crippen LogP contribution in [0.4, 0.5) is 0 Å². The summed E-state index contributed by atoms with van der Waals surface area (Å²) in [6, 6.07) is 0. The molecule has 106 valence electrons. The highest BCUT2D eigenvalue weighted by atomic mass is 16.5. The first-order valence-electron chi connectivity index (χ1n) is 7.87. The fourth-order valence-electron chi connectivity index (χ4n) is 5.31. The van der Waals surface area contributed by atoms with E-state index in [4.69, 9.17) is 4.74 Å². The van der Waals surface area contributed by atoms with E-state index in [9.17, 15) is 9.59 Å². The molecular formula is C16H19NO3. The molecule has 0 radical (unpaired) electrons. The van der Waals surface area contributed by atoms with Crippen LogP contribution in [0.5, 0.6) is 0 Å². The second kappa shape index (κ2) is 3.53. The van der Waals surface area contributed by atoms with E-state index in [2.05, 4.69) is 12.2 Å². The maximum absolute atomic E-state index is 12.7. The molecule has 2 saturated heterocycles. The molecule has 2 saturated carbocycles. The van der Waals surface area contributed by atoms with Gasteiger partial charge in [-0.3, -0.25) is 14.5 Å². The van der Waals surface area contributed by atoms with E-state index in [0.717, 1.165) is 19.4 Å². The molecule has 2 aliphatic heterocycles. The zero-order valence-electron chi connectivity index (χ0n) is 11.5. The molecule has 2 heterocycles. The third kappa shape index (κ3) is 1.18. The molecule has 2 bridgehead atoms. The first kappa shape index (κ1) is 11.5. The van der Waals surface area contributed by atoms with Crippen molar-refractivity contribution in [2.24, 2.45) is 29.1 Å². The summed E-state index contributed by atoms with van der Waals surface area (Å²) in [5, 5.41) is 0. The van der Waals surface area contributed by atoms with Crippen LogP contribution in [0.1, 0.15) is 25.7 Å². The van der Waals surface area contributed by atoms with Crippen LogP contribution in [-0.2, 0) is 14.3 Å². The van der Waals surface area contributed by atoms with Gasteiger partial charge in [0.25, 0.3) is 0 Å². The second-order valence-corrected chi connectivity index (χ2v) is 7.14. The van der Waals surface area contributed by atoms with E-state index >= 15 is 0 Å². The summed E-state index contributed by atoms with van der Waals surface area (Å²) in [6.07, 6.45) is 8.94. The van der Waals surface area contributed by atoms with Gasteiger partial charge in [0.05, 0.1) is 24.5 Å². The summed E-state index contributed by atoms with van der Waals surface area (Å²) in [7, 11) is 0. The molecule has 0 aromatic carbocycles. The third-order valence-corrected chi connectivity index (χ3v) is 6.35. The van der Waals surface area contributed by atoms with Crippen molar-refractivity contribution in [1.82, 2.24) is 4.90 Å². The summed E-state index contributed by atoms with van der Waals surface area (Å²) in [4.78, 5) is 26.9. The fraction of sp³-hybridized carbons (Fsp3) is 0.750. The van der Waals surface area contributed by atoms with Gasteiger partial charge in [-0.1, -0.05) is 12.2 Å². The molecule has 1 spiro atoms. The molecule has 0 aromatic heterocycles. The van der Waals surface area contributed by atoms with Crippen molar-refractivity contribution in [3.05, 3.63) is 12.2 Å². The van der Waals surface area contributed by atoms with E-state index in [0.29, 0.717) is 23.8 Å². The van der Waals surface area contributed by atoms with Gasteiger partial charge in [-0.15, -0.1) is 0 Å². The number of hydrogen-bond acceptors (Lipinski definition) is 3. The fourth-order valence-corrected chi connectivity index (χ4v) is 5.31. The number of nitrogens with zero attached hydrogens (tertiary/aromatic N) is 1. The highest BCUT2D eigenvalue weighted by Gasteiger charge is 2.73. The Labute approximate surface area is 118 Å². The summed E-state index contributed by atoms with van der Waals surface area (Å²) >= 11 is 0. The van der Waals surface area contributed by atoms with Crippen molar-refractivity contribution in [2.45, 2.75) is 31.8 Å². The maximum Gasteiger partial charge on any atom is 0.233 e. The van der Waals surface area contributed by atoms with E-state index < -0.39 is 0 Å². The van der Waals surface area contributed by atoms with Gasteiger partial charge in [-0.05, 0) is 42.9 Å². The molecule has 5 rings (SSSR count). The maximum atomic E-state index is 12.7. The third-order valence-electron chi connectivity index (χ3n) is 6.35. The molecule has 0 unspecified atom stereocenters. The molecule has 3 aliphatic carbocycles. The summed E-state index contributed by atoms with van der Waals surface area (Å²) < 4.78 is 5.59. The Balaban J connectivity index is 1.44. The lowest BCUT2D eigenvalue weighted by Crippen LogP contribution is -2.39. The number of carbonyl (C=O) groups is 2. The molecule has 20 heavy (non-hydrogen) atoms. The number of imide groups is 1. The lowest BCUT2D eigenvalue weighted by molar-refractivity contribution is -0.143. The standard InChI is InChI=1S/C16H19NO3/c18-14-12-10-3-4-11(16(10)5-6-16)13(12)15(19)17(14)8-9-2-1-7-20-9/h3-4,9-13H,1-2,5-8H2/t9-,10-,11+,12-,13-/m0/s1. The number of allylic oxidation sites excluding steroid dienone is 2. The molecule has 2 amide bonds. The molecule has 5 aliphatic rings. The topological polar surface area (TPSA) is 46.6 Å². The quantitative estimate of drug-likeness (QED) is 0.564. The van der Waals surface area contributed by atoms with Gasteiger partial charge in [0, 0.05) is 6.61 Å². The first-order valence-corrected chi connectivity index (χ1v) is 7.87. The van der Waals surface area contributed by atoms with Crippen LogP contribution in [0.25, 0.3) is 0 Å². The number of carbonyl (C=O) groups excluding carboxylic acids is 2. The van der Waals surface area contributed by atoms with E-state index in [1.807, 2.05) is 0 Å². The van der Waals surface area contributed by atoms with Crippen molar-refractivity contribution in [3.63, 3.8) is 0 Å². The Kier molecular flexibility index (Phi) is 2.03. The van der Waals surface area contributed by atoms with E-state index in [1.165, 1.54) is 17.7 Å². The van der Waals surface area contributed by atoms with Gasteiger partial charge in [0.15, 0.2) is 0 Å². The van der Waals surface area contributed by atoms with E-state index in [-0.39, 0.29) is 29.8 Å². The van der Waals surface area contributed by atoms with E-state index in [1.54, 1.807) is 0 Å². The number of amides is 2. The van der Waals surface area contributed by atoms with Crippen molar-refractivity contribution < 1.29 is 14.3 Å². The van der Waals surface area contributed by atoms with Gasteiger partial charge in [-0.25, -0.2) is 0 Å². The zero-order chi connectivity index (χ0) is 13.5. The van der Waals surface area contributed by atoms with Crippen LogP contribution in [0, 0.1) is 29.1 Å². The predicted octanol–water partition coefficient (Wildman–Crippen LogP) is 1.36. The minimum Gasteiger partial charge on any atom is -0.376 e. The zero-order valence-corrected chi connectivity index (χ0v) is 11.5.